The summed E-state index contributed by atoms with van der Waals surface area (Å²) in [6.45, 7) is 0. The summed E-state index contributed by atoms with van der Waals surface area (Å²) in [5, 5.41) is 13.4. The zero-order valence-corrected chi connectivity index (χ0v) is 9.77. The molecule has 0 spiro atoms. The van der Waals surface area contributed by atoms with Crippen molar-refractivity contribution in [3.63, 3.8) is 0 Å². The Hall–Kier alpha value is -2.01. The van der Waals surface area contributed by atoms with Gasteiger partial charge in [0.25, 0.3) is 0 Å². The third kappa shape index (κ3) is 1.85. The van der Waals surface area contributed by atoms with E-state index in [0.717, 1.165) is 0 Å². The van der Waals surface area contributed by atoms with Crippen LogP contribution in [0.2, 0.25) is 5.02 Å². The Labute approximate surface area is 102 Å². The molecule has 0 atom stereocenters. The van der Waals surface area contributed by atoms with Gasteiger partial charge in [0, 0.05) is 17.6 Å². The molecule has 2 rings (SSSR count). The van der Waals surface area contributed by atoms with Crippen LogP contribution in [0.25, 0.3) is 11.1 Å². The highest BCUT2D eigenvalue weighted by Gasteiger charge is 2.22. The van der Waals surface area contributed by atoms with Crippen molar-refractivity contribution in [2.45, 2.75) is 0 Å². The van der Waals surface area contributed by atoms with E-state index in [1.165, 1.54) is 4.68 Å². The number of hydrogen-bond acceptors (Lipinski definition) is 3. The Balaban J connectivity index is 2.75. The Morgan fingerprint density at radius 2 is 2.12 bits per heavy atom. The number of carboxylic acid groups (broad SMARTS) is 1. The summed E-state index contributed by atoms with van der Waals surface area (Å²) >= 11 is 6.03. The fourth-order valence-electron chi connectivity index (χ4n) is 1.62. The molecule has 0 bridgehead atoms. The molecule has 1 aromatic carbocycles. The normalized spacial score (nSPS) is 10.5. The molecule has 0 saturated heterocycles. The predicted molar refractivity (Wildman–Crippen MR) is 65.0 cm³/mol. The van der Waals surface area contributed by atoms with Gasteiger partial charge in [-0.2, -0.15) is 5.10 Å². The lowest BCUT2D eigenvalue weighted by Crippen LogP contribution is -2.00. The van der Waals surface area contributed by atoms with E-state index in [4.69, 9.17) is 22.4 Å². The second-order valence-corrected chi connectivity index (χ2v) is 3.92. The van der Waals surface area contributed by atoms with E-state index in [0.29, 0.717) is 16.1 Å². The standard InChI is InChI=1S/C11H10ClN3O2/c1-15-10(13)8(9(14-15)11(16)17)6-4-2-3-5-7(6)12/h2-5H,13H2,1H3,(H,16,17). The topological polar surface area (TPSA) is 81.1 Å². The van der Waals surface area contributed by atoms with Gasteiger partial charge in [-0.1, -0.05) is 29.8 Å². The quantitative estimate of drug-likeness (QED) is 0.856. The Morgan fingerprint density at radius 3 is 2.71 bits per heavy atom. The molecule has 0 unspecified atom stereocenters. The van der Waals surface area contributed by atoms with Gasteiger partial charge < -0.3 is 10.8 Å². The molecule has 5 nitrogen and oxygen atoms in total. The molecule has 2 aromatic rings. The van der Waals surface area contributed by atoms with Gasteiger partial charge in [-0.15, -0.1) is 0 Å². The first-order chi connectivity index (χ1) is 8.02. The smallest absolute Gasteiger partial charge is 0.357 e. The van der Waals surface area contributed by atoms with Crippen molar-refractivity contribution in [2.75, 3.05) is 5.73 Å². The molecular weight excluding hydrogens is 242 g/mol. The first-order valence-electron chi connectivity index (χ1n) is 4.83. The van der Waals surface area contributed by atoms with Crippen LogP contribution >= 0.6 is 11.6 Å². The predicted octanol–water partition coefficient (Wildman–Crippen LogP) is 2.02. The van der Waals surface area contributed by atoms with Crippen molar-refractivity contribution in [3.8, 4) is 11.1 Å². The largest absolute Gasteiger partial charge is 0.476 e. The maximum Gasteiger partial charge on any atom is 0.357 e. The van der Waals surface area contributed by atoms with E-state index in [1.807, 2.05) is 0 Å². The second-order valence-electron chi connectivity index (χ2n) is 3.52. The molecule has 17 heavy (non-hydrogen) atoms. The highest BCUT2D eigenvalue weighted by Crippen LogP contribution is 2.34. The van der Waals surface area contributed by atoms with Gasteiger partial charge in [0.1, 0.15) is 5.82 Å². The molecule has 6 heteroatoms. The van der Waals surface area contributed by atoms with Crippen molar-refractivity contribution in [3.05, 3.63) is 35.0 Å². The van der Waals surface area contributed by atoms with Crippen LogP contribution in [0, 0.1) is 0 Å². The second kappa shape index (κ2) is 4.10. The summed E-state index contributed by atoms with van der Waals surface area (Å²) in [6, 6.07) is 6.91. The van der Waals surface area contributed by atoms with E-state index in [9.17, 15) is 4.79 Å². The highest BCUT2D eigenvalue weighted by molar-refractivity contribution is 6.33. The molecule has 0 aliphatic rings. The molecule has 1 heterocycles. The highest BCUT2D eigenvalue weighted by atomic mass is 35.5. The molecule has 0 amide bonds. The number of halogens is 1. The van der Waals surface area contributed by atoms with E-state index in [2.05, 4.69) is 5.10 Å². The van der Waals surface area contributed by atoms with Crippen LogP contribution in [0.3, 0.4) is 0 Å². The van der Waals surface area contributed by atoms with E-state index < -0.39 is 5.97 Å². The van der Waals surface area contributed by atoms with E-state index >= 15 is 0 Å². The third-order valence-electron chi connectivity index (χ3n) is 2.44. The number of carboxylic acids is 1. The lowest BCUT2D eigenvalue weighted by molar-refractivity contribution is 0.0690. The van der Waals surface area contributed by atoms with E-state index in [1.54, 1.807) is 31.3 Å². The number of nitrogens with two attached hydrogens (primary N) is 1. The minimum Gasteiger partial charge on any atom is -0.476 e. The van der Waals surface area contributed by atoms with Crippen molar-refractivity contribution >= 4 is 23.4 Å². The van der Waals surface area contributed by atoms with Gasteiger partial charge in [-0.25, -0.2) is 4.79 Å². The monoisotopic (exact) mass is 251 g/mol. The fraction of sp³-hybridized carbons (Fsp3) is 0.0909. The fourth-order valence-corrected chi connectivity index (χ4v) is 1.85. The molecule has 0 aliphatic carbocycles. The summed E-state index contributed by atoms with van der Waals surface area (Å²) in [5.74, 6) is -0.859. The molecule has 0 fully saturated rings. The molecule has 0 aliphatic heterocycles. The van der Waals surface area contributed by atoms with Gasteiger partial charge >= 0.3 is 5.97 Å². The van der Waals surface area contributed by atoms with Crippen LogP contribution in [0.4, 0.5) is 5.82 Å². The Morgan fingerprint density at radius 1 is 1.47 bits per heavy atom. The summed E-state index contributed by atoms with van der Waals surface area (Å²) in [7, 11) is 1.59. The number of benzene rings is 1. The average molecular weight is 252 g/mol. The third-order valence-corrected chi connectivity index (χ3v) is 2.77. The van der Waals surface area contributed by atoms with Crippen molar-refractivity contribution in [1.82, 2.24) is 9.78 Å². The minimum atomic E-state index is -1.13. The maximum atomic E-state index is 11.1. The molecule has 88 valence electrons. The maximum absolute atomic E-state index is 11.1. The number of aryl methyl sites for hydroxylation is 1. The molecular formula is C11H10ClN3O2. The SMILES string of the molecule is Cn1nc(C(=O)O)c(-c2ccccc2Cl)c1N. The minimum absolute atomic E-state index is 0.0990. The lowest BCUT2D eigenvalue weighted by atomic mass is 10.1. The Bertz CT molecular complexity index is 592. The number of hydrogen-bond donors (Lipinski definition) is 2. The molecule has 0 saturated carbocycles. The summed E-state index contributed by atoms with van der Waals surface area (Å²) in [5.41, 5.74) is 6.64. The number of carbonyl (C=O) groups is 1. The number of aromatic carboxylic acids is 1. The average Bonchev–Trinajstić information content (AvgIpc) is 2.57. The number of nitrogens with zero attached hydrogens (tertiary/aromatic N) is 2. The number of anilines is 1. The van der Waals surface area contributed by atoms with Crippen LogP contribution < -0.4 is 5.73 Å². The van der Waals surface area contributed by atoms with Gasteiger partial charge in [0.15, 0.2) is 5.69 Å². The first-order valence-corrected chi connectivity index (χ1v) is 5.21. The van der Waals surface area contributed by atoms with Crippen molar-refractivity contribution < 1.29 is 9.90 Å². The van der Waals surface area contributed by atoms with Crippen LogP contribution in [-0.2, 0) is 7.05 Å². The lowest BCUT2D eigenvalue weighted by Gasteiger charge is -2.04. The van der Waals surface area contributed by atoms with Crippen LogP contribution in [0.1, 0.15) is 10.5 Å². The van der Waals surface area contributed by atoms with Crippen molar-refractivity contribution in [2.24, 2.45) is 7.05 Å². The first kappa shape index (κ1) is 11.5. The van der Waals surface area contributed by atoms with Gasteiger partial charge in [0.05, 0.1) is 5.56 Å². The molecule has 1 aromatic heterocycles. The van der Waals surface area contributed by atoms with Crippen LogP contribution in [0.5, 0.6) is 0 Å². The van der Waals surface area contributed by atoms with Gasteiger partial charge in [0.2, 0.25) is 0 Å². The zero-order valence-electron chi connectivity index (χ0n) is 9.01. The zero-order chi connectivity index (χ0) is 12.6. The molecule has 3 N–H and O–H groups in total. The summed E-state index contributed by atoms with van der Waals surface area (Å²) in [6.07, 6.45) is 0. The van der Waals surface area contributed by atoms with Crippen LogP contribution in [-0.4, -0.2) is 20.9 Å². The van der Waals surface area contributed by atoms with E-state index in [-0.39, 0.29) is 11.5 Å². The number of nitrogen functional groups attached to an aromatic ring is 1. The number of rotatable bonds is 2. The Kier molecular flexibility index (Phi) is 2.77. The van der Waals surface area contributed by atoms with Gasteiger partial charge in [-0.3, -0.25) is 4.68 Å². The van der Waals surface area contributed by atoms with Crippen LogP contribution in [0.15, 0.2) is 24.3 Å². The summed E-state index contributed by atoms with van der Waals surface area (Å²) in [4.78, 5) is 11.1. The van der Waals surface area contributed by atoms with Crippen molar-refractivity contribution in [1.29, 1.82) is 0 Å². The summed E-state index contributed by atoms with van der Waals surface area (Å²) < 4.78 is 1.32. The van der Waals surface area contributed by atoms with Gasteiger partial charge in [-0.05, 0) is 6.07 Å². The number of aromatic nitrogens is 2. The molecule has 0 radical (unpaired) electrons.